The molecule has 11 heavy (non-hydrogen) atoms. The molecule has 0 aromatic rings. The summed E-state index contributed by atoms with van der Waals surface area (Å²) in [7, 11) is 0. The molecule has 1 saturated heterocycles. The van der Waals surface area contributed by atoms with Crippen LogP contribution < -0.4 is 5.32 Å². The van der Waals surface area contributed by atoms with Crippen LogP contribution in [0.4, 0.5) is 0 Å². The Kier molecular flexibility index (Phi) is 1.59. The molecule has 0 unspecified atom stereocenters. The van der Waals surface area contributed by atoms with Gasteiger partial charge in [-0.2, -0.15) is 5.26 Å². The van der Waals surface area contributed by atoms with Crippen molar-refractivity contribution in [3.8, 4) is 6.07 Å². The zero-order valence-electron chi connectivity index (χ0n) is 6.47. The van der Waals surface area contributed by atoms with E-state index in [1.807, 2.05) is 0 Å². The maximum Gasteiger partial charge on any atom is 0.153 e. The molecular formula is C8H12N2O. The normalized spacial score (nSPS) is 27.2. The molecule has 1 N–H and O–H groups in total. The van der Waals surface area contributed by atoms with E-state index < -0.39 is 0 Å². The van der Waals surface area contributed by atoms with Gasteiger partial charge in [0.15, 0.2) is 5.54 Å². The number of hydrogen-bond acceptors (Lipinski definition) is 3. The molecule has 0 radical (unpaired) electrons. The minimum absolute atomic E-state index is 0.331. The topological polar surface area (TPSA) is 45.0 Å². The van der Waals surface area contributed by atoms with Gasteiger partial charge in [0.1, 0.15) is 0 Å². The third-order valence-electron chi connectivity index (χ3n) is 2.34. The van der Waals surface area contributed by atoms with Crippen molar-refractivity contribution in [2.24, 2.45) is 5.92 Å². The third-order valence-corrected chi connectivity index (χ3v) is 2.34. The molecule has 1 aliphatic heterocycles. The van der Waals surface area contributed by atoms with Crippen molar-refractivity contribution < 1.29 is 4.74 Å². The van der Waals surface area contributed by atoms with Gasteiger partial charge in [-0.1, -0.05) is 0 Å². The fourth-order valence-corrected chi connectivity index (χ4v) is 1.17. The van der Waals surface area contributed by atoms with E-state index in [0.29, 0.717) is 13.2 Å². The van der Waals surface area contributed by atoms with Crippen LogP contribution in [0.2, 0.25) is 0 Å². The van der Waals surface area contributed by atoms with Crippen molar-refractivity contribution in [3.05, 3.63) is 0 Å². The van der Waals surface area contributed by atoms with Crippen LogP contribution >= 0.6 is 0 Å². The standard InChI is InChI=1S/C8H12N2O/c9-4-8(5-11-6-8)10-3-7-1-2-7/h7,10H,1-3,5-6H2. The van der Waals surface area contributed by atoms with Crippen LogP contribution in [-0.4, -0.2) is 25.3 Å². The van der Waals surface area contributed by atoms with E-state index in [-0.39, 0.29) is 5.54 Å². The second kappa shape index (κ2) is 2.47. The summed E-state index contributed by atoms with van der Waals surface area (Å²) in [6, 6.07) is 2.26. The lowest BCUT2D eigenvalue weighted by molar-refractivity contribution is -0.0438. The SMILES string of the molecule is N#CC1(NCC2CC2)COC1. The number of nitrogens with zero attached hydrogens (tertiary/aromatic N) is 1. The quantitative estimate of drug-likeness (QED) is 0.631. The number of ether oxygens (including phenoxy) is 1. The molecule has 0 aromatic heterocycles. The zero-order chi connectivity index (χ0) is 7.73. The van der Waals surface area contributed by atoms with Gasteiger partial charge in [-0.05, 0) is 25.3 Å². The minimum atomic E-state index is -0.331. The predicted octanol–water partition coefficient (Wildman–Crippen LogP) is 0.279. The predicted molar refractivity (Wildman–Crippen MR) is 39.9 cm³/mol. The maximum absolute atomic E-state index is 8.78. The molecular weight excluding hydrogens is 140 g/mol. The lowest BCUT2D eigenvalue weighted by Gasteiger charge is -2.35. The van der Waals surface area contributed by atoms with Crippen molar-refractivity contribution in [1.82, 2.24) is 5.32 Å². The van der Waals surface area contributed by atoms with Gasteiger partial charge in [-0.3, -0.25) is 5.32 Å². The highest BCUT2D eigenvalue weighted by Crippen LogP contribution is 2.29. The van der Waals surface area contributed by atoms with Gasteiger partial charge in [0.25, 0.3) is 0 Å². The van der Waals surface area contributed by atoms with Crippen molar-refractivity contribution in [3.63, 3.8) is 0 Å². The first kappa shape index (κ1) is 7.08. The van der Waals surface area contributed by atoms with Crippen molar-refractivity contribution in [2.45, 2.75) is 18.4 Å². The molecule has 2 fully saturated rings. The average Bonchev–Trinajstić information content (AvgIpc) is 2.70. The van der Waals surface area contributed by atoms with Crippen LogP contribution in [0.3, 0.4) is 0 Å². The van der Waals surface area contributed by atoms with Crippen molar-refractivity contribution >= 4 is 0 Å². The average molecular weight is 152 g/mol. The molecule has 3 heteroatoms. The summed E-state index contributed by atoms with van der Waals surface area (Å²) in [5.41, 5.74) is -0.331. The van der Waals surface area contributed by atoms with Gasteiger partial charge in [-0.15, -0.1) is 0 Å². The van der Waals surface area contributed by atoms with Gasteiger partial charge < -0.3 is 4.74 Å². The Morgan fingerprint density at radius 2 is 2.27 bits per heavy atom. The molecule has 60 valence electrons. The van der Waals surface area contributed by atoms with Gasteiger partial charge in [0, 0.05) is 0 Å². The van der Waals surface area contributed by atoms with Crippen molar-refractivity contribution in [1.29, 1.82) is 5.26 Å². The summed E-state index contributed by atoms with van der Waals surface area (Å²) >= 11 is 0. The molecule has 0 spiro atoms. The Hall–Kier alpha value is -0.590. The third kappa shape index (κ3) is 1.37. The van der Waals surface area contributed by atoms with E-state index in [2.05, 4.69) is 11.4 Å². The van der Waals surface area contributed by atoms with Crippen LogP contribution in [0.1, 0.15) is 12.8 Å². The highest BCUT2D eigenvalue weighted by Gasteiger charge is 2.39. The Labute approximate surface area is 66.3 Å². The molecule has 3 nitrogen and oxygen atoms in total. The molecule has 1 aliphatic carbocycles. The van der Waals surface area contributed by atoms with Crippen LogP contribution in [0, 0.1) is 17.2 Å². The van der Waals surface area contributed by atoms with E-state index in [1.165, 1.54) is 12.8 Å². The van der Waals surface area contributed by atoms with Gasteiger partial charge in [0.2, 0.25) is 0 Å². The van der Waals surface area contributed by atoms with E-state index in [1.54, 1.807) is 0 Å². The summed E-state index contributed by atoms with van der Waals surface area (Å²) in [6.45, 7) is 2.13. The summed E-state index contributed by atoms with van der Waals surface area (Å²) in [5, 5.41) is 12.0. The Morgan fingerprint density at radius 3 is 2.64 bits per heavy atom. The largest absolute Gasteiger partial charge is 0.375 e. The molecule has 2 rings (SSSR count). The molecule has 1 heterocycles. The fourth-order valence-electron chi connectivity index (χ4n) is 1.17. The summed E-state index contributed by atoms with van der Waals surface area (Å²) in [4.78, 5) is 0. The zero-order valence-corrected chi connectivity index (χ0v) is 6.47. The lowest BCUT2D eigenvalue weighted by Crippen LogP contribution is -2.59. The molecule has 0 aromatic carbocycles. The Bertz CT molecular complexity index is 189. The van der Waals surface area contributed by atoms with E-state index in [9.17, 15) is 0 Å². The van der Waals surface area contributed by atoms with Crippen molar-refractivity contribution in [2.75, 3.05) is 19.8 Å². The summed E-state index contributed by atoms with van der Waals surface area (Å²) in [6.07, 6.45) is 2.66. The second-order valence-corrected chi connectivity index (χ2v) is 3.51. The first-order valence-corrected chi connectivity index (χ1v) is 4.09. The molecule has 2 aliphatic rings. The van der Waals surface area contributed by atoms with E-state index >= 15 is 0 Å². The van der Waals surface area contributed by atoms with E-state index in [4.69, 9.17) is 10.00 Å². The fraction of sp³-hybridized carbons (Fsp3) is 0.875. The number of hydrogen-bond donors (Lipinski definition) is 1. The molecule has 0 amide bonds. The maximum atomic E-state index is 8.78. The Morgan fingerprint density at radius 1 is 1.55 bits per heavy atom. The van der Waals surface area contributed by atoms with Gasteiger partial charge in [-0.25, -0.2) is 0 Å². The van der Waals surface area contributed by atoms with E-state index in [0.717, 1.165) is 12.5 Å². The first-order valence-electron chi connectivity index (χ1n) is 4.09. The van der Waals surface area contributed by atoms with Crippen LogP contribution in [0.5, 0.6) is 0 Å². The Balaban J connectivity index is 1.78. The monoisotopic (exact) mass is 152 g/mol. The second-order valence-electron chi connectivity index (χ2n) is 3.51. The minimum Gasteiger partial charge on any atom is -0.375 e. The van der Waals surface area contributed by atoms with Crippen LogP contribution in [0.15, 0.2) is 0 Å². The summed E-state index contributed by atoms with van der Waals surface area (Å²) < 4.78 is 5.00. The number of rotatable bonds is 3. The lowest BCUT2D eigenvalue weighted by atomic mass is 10.00. The smallest absolute Gasteiger partial charge is 0.153 e. The molecule has 0 bridgehead atoms. The van der Waals surface area contributed by atoms with Gasteiger partial charge >= 0.3 is 0 Å². The summed E-state index contributed by atoms with van der Waals surface area (Å²) in [5.74, 6) is 0.834. The highest BCUT2D eigenvalue weighted by molar-refractivity contribution is 5.12. The van der Waals surface area contributed by atoms with Crippen LogP contribution in [0.25, 0.3) is 0 Å². The first-order chi connectivity index (χ1) is 5.35. The number of nitrogens with one attached hydrogen (secondary N) is 1. The van der Waals surface area contributed by atoms with Crippen LogP contribution in [-0.2, 0) is 4.74 Å². The molecule has 0 atom stereocenters. The molecule has 1 saturated carbocycles. The number of nitriles is 1. The van der Waals surface area contributed by atoms with Gasteiger partial charge in [0.05, 0.1) is 19.3 Å². The highest BCUT2D eigenvalue weighted by atomic mass is 16.5.